The minimum absolute atomic E-state index is 0.132. The topological polar surface area (TPSA) is 64.9 Å². The molecule has 1 heterocycles. The van der Waals surface area contributed by atoms with Crippen LogP contribution >= 0.6 is 0 Å². The van der Waals surface area contributed by atoms with E-state index in [1.807, 2.05) is 0 Å². The molecular weight excluding hydrogens is 250 g/mol. The highest BCUT2D eigenvalue weighted by Gasteiger charge is 2.28. The summed E-state index contributed by atoms with van der Waals surface area (Å²) >= 11 is 0. The van der Waals surface area contributed by atoms with Crippen LogP contribution in [-0.4, -0.2) is 10.1 Å². The van der Waals surface area contributed by atoms with Crippen molar-refractivity contribution >= 4 is 0 Å². The third-order valence-electron chi connectivity index (χ3n) is 4.09. The monoisotopic (exact) mass is 271 g/mol. The molecule has 4 heteroatoms. The third kappa shape index (κ3) is 2.48. The second kappa shape index (κ2) is 5.75. The number of fused-ring (bicyclic) bond motifs is 1. The molecule has 0 fully saturated rings. The van der Waals surface area contributed by atoms with E-state index in [9.17, 15) is 0 Å². The molecule has 4 nitrogen and oxygen atoms in total. The Balaban J connectivity index is 1.78. The summed E-state index contributed by atoms with van der Waals surface area (Å²) in [6.45, 7) is 2.15. The highest BCUT2D eigenvalue weighted by atomic mass is 16.5. The quantitative estimate of drug-likeness (QED) is 0.905. The van der Waals surface area contributed by atoms with Gasteiger partial charge in [0.1, 0.15) is 0 Å². The van der Waals surface area contributed by atoms with Gasteiger partial charge in [-0.1, -0.05) is 49.2 Å². The zero-order chi connectivity index (χ0) is 13.9. The summed E-state index contributed by atoms with van der Waals surface area (Å²) < 4.78 is 5.36. The number of hydrogen-bond donors (Lipinski definition) is 1. The SMILES string of the molecule is CCCC[C@H](N)c1nc(C2CCc3ccccc32)no1. The lowest BCUT2D eigenvalue weighted by Crippen LogP contribution is -2.10. The van der Waals surface area contributed by atoms with Gasteiger partial charge in [0, 0.05) is 5.92 Å². The number of rotatable bonds is 5. The van der Waals surface area contributed by atoms with Crippen LogP contribution in [-0.2, 0) is 6.42 Å². The van der Waals surface area contributed by atoms with Crippen molar-refractivity contribution in [2.45, 2.75) is 51.0 Å². The van der Waals surface area contributed by atoms with Crippen LogP contribution in [0.25, 0.3) is 0 Å². The fraction of sp³-hybridized carbons (Fsp3) is 0.500. The maximum Gasteiger partial charge on any atom is 0.243 e. The molecule has 0 aliphatic heterocycles. The van der Waals surface area contributed by atoms with Crippen LogP contribution in [0.1, 0.15) is 67.4 Å². The molecule has 1 unspecified atom stereocenters. The largest absolute Gasteiger partial charge is 0.338 e. The summed E-state index contributed by atoms with van der Waals surface area (Å²) in [6.07, 6.45) is 5.27. The van der Waals surface area contributed by atoms with Crippen molar-refractivity contribution in [3.63, 3.8) is 0 Å². The van der Waals surface area contributed by atoms with Crippen molar-refractivity contribution in [1.29, 1.82) is 0 Å². The molecule has 0 spiro atoms. The van der Waals surface area contributed by atoms with Gasteiger partial charge in [-0.2, -0.15) is 4.98 Å². The highest BCUT2D eigenvalue weighted by molar-refractivity contribution is 5.38. The summed E-state index contributed by atoms with van der Waals surface area (Å²) in [7, 11) is 0. The van der Waals surface area contributed by atoms with Crippen LogP contribution in [0.3, 0.4) is 0 Å². The first kappa shape index (κ1) is 13.3. The Kier molecular flexibility index (Phi) is 3.83. The van der Waals surface area contributed by atoms with Gasteiger partial charge in [0.2, 0.25) is 5.89 Å². The molecule has 2 aromatic rings. The molecule has 0 radical (unpaired) electrons. The first-order chi connectivity index (χ1) is 9.79. The first-order valence-electron chi connectivity index (χ1n) is 7.46. The van der Waals surface area contributed by atoms with Crippen molar-refractivity contribution in [3.8, 4) is 0 Å². The number of hydrogen-bond acceptors (Lipinski definition) is 4. The van der Waals surface area contributed by atoms with E-state index in [2.05, 4.69) is 41.3 Å². The van der Waals surface area contributed by atoms with E-state index in [1.165, 1.54) is 11.1 Å². The summed E-state index contributed by atoms with van der Waals surface area (Å²) in [5.74, 6) is 1.64. The summed E-state index contributed by atoms with van der Waals surface area (Å²) in [5.41, 5.74) is 8.83. The Labute approximate surface area is 119 Å². The van der Waals surface area contributed by atoms with E-state index < -0.39 is 0 Å². The Hall–Kier alpha value is -1.68. The zero-order valence-electron chi connectivity index (χ0n) is 11.9. The van der Waals surface area contributed by atoms with Gasteiger partial charge in [-0.15, -0.1) is 0 Å². The van der Waals surface area contributed by atoms with E-state index in [0.717, 1.165) is 37.9 Å². The van der Waals surface area contributed by atoms with E-state index in [-0.39, 0.29) is 12.0 Å². The van der Waals surface area contributed by atoms with Crippen molar-refractivity contribution < 1.29 is 4.52 Å². The maximum atomic E-state index is 6.09. The fourth-order valence-electron chi connectivity index (χ4n) is 2.91. The van der Waals surface area contributed by atoms with Gasteiger partial charge in [-0.3, -0.25) is 0 Å². The van der Waals surface area contributed by atoms with Gasteiger partial charge in [-0.05, 0) is 30.4 Å². The predicted molar refractivity (Wildman–Crippen MR) is 77.4 cm³/mol. The second-order valence-electron chi connectivity index (χ2n) is 5.53. The van der Waals surface area contributed by atoms with Gasteiger partial charge in [0.15, 0.2) is 5.82 Å². The van der Waals surface area contributed by atoms with Crippen LogP contribution in [0, 0.1) is 0 Å². The molecule has 0 amide bonds. The van der Waals surface area contributed by atoms with Crippen molar-refractivity contribution in [2.75, 3.05) is 0 Å². The molecule has 2 atom stereocenters. The smallest absolute Gasteiger partial charge is 0.243 e. The first-order valence-corrected chi connectivity index (χ1v) is 7.46. The molecule has 106 valence electrons. The number of nitrogens with zero attached hydrogens (tertiary/aromatic N) is 2. The highest BCUT2D eigenvalue weighted by Crippen LogP contribution is 2.36. The van der Waals surface area contributed by atoms with Gasteiger partial charge >= 0.3 is 0 Å². The average molecular weight is 271 g/mol. The van der Waals surface area contributed by atoms with Gasteiger partial charge in [-0.25, -0.2) is 0 Å². The third-order valence-corrected chi connectivity index (χ3v) is 4.09. The molecular formula is C16H21N3O. The van der Waals surface area contributed by atoms with Crippen molar-refractivity contribution in [3.05, 3.63) is 47.1 Å². The normalized spacial score (nSPS) is 19.0. The average Bonchev–Trinajstić information content (AvgIpc) is 3.10. The Bertz CT molecular complexity index is 579. The number of benzene rings is 1. The van der Waals surface area contributed by atoms with Crippen LogP contribution in [0.15, 0.2) is 28.8 Å². The second-order valence-corrected chi connectivity index (χ2v) is 5.53. The fourth-order valence-corrected chi connectivity index (χ4v) is 2.91. The number of unbranched alkanes of at least 4 members (excludes halogenated alkanes) is 1. The lowest BCUT2D eigenvalue weighted by Gasteiger charge is -2.06. The molecule has 0 saturated heterocycles. The van der Waals surface area contributed by atoms with Crippen molar-refractivity contribution in [2.24, 2.45) is 5.73 Å². The molecule has 3 rings (SSSR count). The number of aromatic nitrogens is 2. The predicted octanol–water partition coefficient (Wildman–Crippen LogP) is 3.34. The maximum absolute atomic E-state index is 6.09. The Morgan fingerprint density at radius 1 is 1.40 bits per heavy atom. The summed E-state index contributed by atoms with van der Waals surface area (Å²) in [5, 5.41) is 4.16. The summed E-state index contributed by atoms with van der Waals surface area (Å²) in [4.78, 5) is 4.54. The van der Waals surface area contributed by atoms with E-state index in [4.69, 9.17) is 10.3 Å². The van der Waals surface area contributed by atoms with E-state index >= 15 is 0 Å². The van der Waals surface area contributed by atoms with Gasteiger partial charge < -0.3 is 10.3 Å². The molecule has 1 aromatic heterocycles. The minimum atomic E-state index is -0.132. The Morgan fingerprint density at radius 3 is 3.10 bits per heavy atom. The minimum Gasteiger partial charge on any atom is -0.338 e. The zero-order valence-corrected chi connectivity index (χ0v) is 11.9. The lowest BCUT2D eigenvalue weighted by molar-refractivity contribution is 0.341. The molecule has 2 N–H and O–H groups in total. The van der Waals surface area contributed by atoms with Gasteiger partial charge in [0.25, 0.3) is 0 Å². The summed E-state index contributed by atoms with van der Waals surface area (Å²) in [6, 6.07) is 8.38. The van der Waals surface area contributed by atoms with E-state index in [1.54, 1.807) is 0 Å². The van der Waals surface area contributed by atoms with E-state index in [0.29, 0.717) is 5.89 Å². The van der Waals surface area contributed by atoms with Crippen LogP contribution in [0.2, 0.25) is 0 Å². The standard InChI is InChI=1S/C16H21N3O/c1-2-3-8-14(17)16-18-15(19-20-16)13-10-9-11-6-4-5-7-12(11)13/h4-7,13-14H,2-3,8-10,17H2,1H3/t13?,14-/m0/s1. The molecule has 1 aromatic carbocycles. The van der Waals surface area contributed by atoms with Crippen LogP contribution < -0.4 is 5.73 Å². The Morgan fingerprint density at radius 2 is 2.25 bits per heavy atom. The molecule has 20 heavy (non-hydrogen) atoms. The number of nitrogens with two attached hydrogens (primary N) is 1. The van der Waals surface area contributed by atoms with Gasteiger partial charge in [0.05, 0.1) is 6.04 Å². The number of aryl methyl sites for hydroxylation is 1. The van der Waals surface area contributed by atoms with Crippen LogP contribution in [0.4, 0.5) is 0 Å². The van der Waals surface area contributed by atoms with Crippen LogP contribution in [0.5, 0.6) is 0 Å². The molecule has 0 saturated carbocycles. The molecule has 1 aliphatic rings. The molecule has 0 bridgehead atoms. The van der Waals surface area contributed by atoms with Crippen molar-refractivity contribution in [1.82, 2.24) is 10.1 Å². The lowest BCUT2D eigenvalue weighted by atomic mass is 10.0. The molecule has 1 aliphatic carbocycles.